The smallest absolute Gasteiger partial charge is 0.280 e. The number of nitrogen functional groups attached to an aromatic ring is 1. The molecule has 6 rings (SSSR count). The summed E-state index contributed by atoms with van der Waals surface area (Å²) >= 11 is 0. The lowest BCUT2D eigenvalue weighted by atomic mass is 10.2. The van der Waals surface area contributed by atoms with Gasteiger partial charge in [-0.3, -0.25) is 9.59 Å². The zero-order chi connectivity index (χ0) is 50.0. The number of nitrogens with one attached hydrogen (secondary N) is 1. The molecule has 0 bridgehead atoms. The van der Waals surface area contributed by atoms with Crippen LogP contribution in [0.2, 0.25) is 0 Å². The Bertz CT molecular complexity index is 1730. The largest absolute Gasteiger partial charge is 0.399 e. The number of amides is 2. The van der Waals surface area contributed by atoms with Crippen molar-refractivity contribution in [3.05, 3.63) is 126 Å². The fourth-order valence-corrected chi connectivity index (χ4v) is 5.27. The second-order valence-electron chi connectivity index (χ2n) is 14.2. The van der Waals surface area contributed by atoms with E-state index in [2.05, 4.69) is 62.1 Å². The van der Waals surface area contributed by atoms with Crippen LogP contribution in [0.25, 0.3) is 0 Å². The molecule has 10 heteroatoms. The van der Waals surface area contributed by atoms with Crippen LogP contribution in [0, 0.1) is 6.92 Å². The van der Waals surface area contributed by atoms with Crippen molar-refractivity contribution >= 4 is 40.8 Å². The molecule has 3 N–H and O–H groups in total. The number of nitrogens with zero attached hydrogens (tertiary/aromatic N) is 6. The van der Waals surface area contributed by atoms with E-state index in [1.165, 1.54) is 31.2 Å². The quantitative estimate of drug-likeness (QED) is 0.184. The highest BCUT2D eigenvalue weighted by molar-refractivity contribution is 6.03. The first kappa shape index (κ1) is 77.6. The summed E-state index contributed by atoms with van der Waals surface area (Å²) in [6.07, 6.45) is 7.45. The topological polar surface area (TPSA) is 110 Å². The van der Waals surface area contributed by atoms with Crippen molar-refractivity contribution in [1.82, 2.24) is 19.6 Å². The molecule has 0 spiro atoms. The van der Waals surface area contributed by atoms with E-state index >= 15 is 0 Å². The third kappa shape index (κ3) is 35.2. The van der Waals surface area contributed by atoms with Crippen LogP contribution in [0.15, 0.2) is 119 Å². The molecule has 4 aromatic rings. The van der Waals surface area contributed by atoms with Crippen LogP contribution in [-0.2, 0) is 0 Å². The van der Waals surface area contributed by atoms with Crippen molar-refractivity contribution in [3.63, 3.8) is 0 Å². The minimum atomic E-state index is -0.231. The van der Waals surface area contributed by atoms with Gasteiger partial charge >= 0.3 is 0 Å². The van der Waals surface area contributed by atoms with Crippen molar-refractivity contribution in [2.24, 2.45) is 9.98 Å². The number of hydrogen-bond acceptors (Lipinski definition) is 4. The zero-order valence-corrected chi connectivity index (χ0v) is 44.0. The van der Waals surface area contributed by atoms with Crippen molar-refractivity contribution in [1.29, 1.82) is 0 Å². The Morgan fingerprint density at radius 3 is 1.01 bits per heavy atom. The Balaban J connectivity index is -0.000000151. The minimum Gasteiger partial charge on any atom is -0.399 e. The summed E-state index contributed by atoms with van der Waals surface area (Å²) in [5.41, 5.74) is 10.7. The van der Waals surface area contributed by atoms with Crippen LogP contribution in [-0.4, -0.2) is 97.7 Å². The molecule has 0 aromatic heterocycles. The molecule has 2 amide bonds. The molecule has 0 radical (unpaired) electrons. The number of anilines is 3. The Morgan fingerprint density at radius 1 is 0.464 bits per heavy atom. The van der Waals surface area contributed by atoms with Crippen LogP contribution in [0.3, 0.4) is 0 Å². The molecule has 2 saturated heterocycles. The van der Waals surface area contributed by atoms with Gasteiger partial charge in [0.05, 0.1) is 0 Å². The van der Waals surface area contributed by atoms with E-state index in [4.69, 9.17) is 5.73 Å². The van der Waals surface area contributed by atoms with Gasteiger partial charge < -0.3 is 30.7 Å². The summed E-state index contributed by atoms with van der Waals surface area (Å²) in [6.45, 7) is 30.5. The SMILES string of the molecule is C.C.C.C.CC.CC.CC.CC.CCCC.CCCC.CN1CCCN(C)C1=NC(=O)c1ccc(N)cc1.CN1CCCN(C)C1=NC(=O)c1ccc(Nc2ccccc2)cc1.Cc1ccccc1. The molecule has 396 valence electrons. The van der Waals surface area contributed by atoms with Gasteiger partial charge in [0.15, 0.2) is 0 Å². The monoisotopic (exact) mass is 961 g/mol. The van der Waals surface area contributed by atoms with E-state index in [0.717, 1.165) is 62.3 Å². The van der Waals surface area contributed by atoms with E-state index in [9.17, 15) is 9.59 Å². The van der Waals surface area contributed by atoms with E-state index < -0.39 is 0 Å². The summed E-state index contributed by atoms with van der Waals surface area (Å²) in [6, 6.07) is 34.4. The maximum absolute atomic E-state index is 12.4. The Morgan fingerprint density at radius 2 is 0.739 bits per heavy atom. The highest BCUT2D eigenvalue weighted by Gasteiger charge is 2.20. The van der Waals surface area contributed by atoms with Crippen LogP contribution in [0.4, 0.5) is 17.1 Å². The number of guanidine groups is 2. The van der Waals surface area contributed by atoms with Gasteiger partial charge in [-0.2, -0.15) is 9.98 Å². The van der Waals surface area contributed by atoms with Crippen molar-refractivity contribution in [2.75, 3.05) is 65.4 Å². The first-order chi connectivity index (χ1) is 31.4. The molecular formula is C59H108N8O2. The number of carbonyl (C=O) groups is 2. The predicted octanol–water partition coefficient (Wildman–Crippen LogP) is 16.5. The number of hydrogen-bond donors (Lipinski definition) is 2. The molecular weight excluding hydrogens is 853 g/mol. The molecule has 2 heterocycles. The molecule has 0 saturated carbocycles. The maximum Gasteiger partial charge on any atom is 0.280 e. The number of benzene rings is 4. The lowest BCUT2D eigenvalue weighted by Crippen LogP contribution is -2.46. The van der Waals surface area contributed by atoms with Crippen LogP contribution < -0.4 is 11.1 Å². The van der Waals surface area contributed by atoms with E-state index in [-0.39, 0.29) is 41.5 Å². The Kier molecular flexibility index (Phi) is 58.2. The molecule has 0 aliphatic carbocycles. The fourth-order valence-electron chi connectivity index (χ4n) is 5.27. The summed E-state index contributed by atoms with van der Waals surface area (Å²) in [7, 11) is 7.83. The number of para-hydroxylation sites is 1. The number of aryl methyl sites for hydroxylation is 1. The van der Waals surface area contributed by atoms with Crippen LogP contribution >= 0.6 is 0 Å². The zero-order valence-electron chi connectivity index (χ0n) is 44.0. The maximum atomic E-state index is 12.4. The Hall–Kier alpha value is -5.64. The molecule has 2 aliphatic rings. The van der Waals surface area contributed by atoms with Crippen LogP contribution in [0.1, 0.15) is 178 Å². The summed E-state index contributed by atoms with van der Waals surface area (Å²) in [5, 5.41) is 3.30. The summed E-state index contributed by atoms with van der Waals surface area (Å²) in [5.74, 6) is 1.02. The van der Waals surface area contributed by atoms with Gasteiger partial charge in [-0.05, 0) is 80.4 Å². The summed E-state index contributed by atoms with van der Waals surface area (Å²) in [4.78, 5) is 41.0. The molecule has 2 fully saturated rings. The second kappa shape index (κ2) is 51.7. The van der Waals surface area contributed by atoms with E-state index in [1.54, 1.807) is 36.4 Å². The van der Waals surface area contributed by atoms with Crippen molar-refractivity contribution in [2.45, 2.75) is 158 Å². The fraction of sp³-hybridized carbons (Fsp3) is 0.525. The molecule has 2 aliphatic heterocycles. The van der Waals surface area contributed by atoms with E-state index in [1.807, 2.05) is 164 Å². The molecule has 0 atom stereocenters. The van der Waals surface area contributed by atoms with Gasteiger partial charge in [0.1, 0.15) is 0 Å². The van der Waals surface area contributed by atoms with Gasteiger partial charge in [0.25, 0.3) is 11.8 Å². The molecule has 10 nitrogen and oxygen atoms in total. The predicted molar refractivity (Wildman–Crippen MR) is 315 cm³/mol. The second-order valence-corrected chi connectivity index (χ2v) is 14.2. The first-order valence-electron chi connectivity index (χ1n) is 24.3. The standard InChI is InChI=1S/C19H22N4O.C13H18N4O.C7H8.2C4H10.4C2H6.4CH4/c1-22-13-6-14-23(2)19(22)21-18(24)15-9-11-17(12-10-15)20-16-7-4-3-5-8-16;1-16-8-3-9-17(2)13(16)15-12(18)10-4-6-11(14)7-5-10;1-7-5-3-2-4-6-7;2*1-3-4-2;4*1-2;;;;/h3-5,7-12,20H,6,13-14H2,1-2H3;4-7H,3,8-9,14H2,1-2H3;2-6H,1H3;2*3-4H2,1-2H3;4*1-2H3;4*1H4. The number of aliphatic imine (C=N–C) groups is 2. The molecule has 0 unspecified atom stereocenters. The van der Waals surface area contributed by atoms with Gasteiger partial charge in [-0.1, -0.05) is 193 Å². The minimum absolute atomic E-state index is 0. The first-order valence-corrected chi connectivity index (χ1v) is 24.3. The lowest BCUT2D eigenvalue weighted by Gasteiger charge is -2.34. The van der Waals surface area contributed by atoms with Crippen molar-refractivity contribution in [3.8, 4) is 0 Å². The number of nitrogens with two attached hydrogens (primary N) is 1. The molecule has 4 aromatic carbocycles. The Labute approximate surface area is 427 Å². The molecule has 69 heavy (non-hydrogen) atoms. The number of carbonyl (C=O) groups excluding carboxylic acids is 2. The van der Waals surface area contributed by atoms with Gasteiger partial charge in [0, 0.05) is 82.6 Å². The number of unbranched alkanes of at least 4 members (excludes halogenated alkanes) is 2. The van der Waals surface area contributed by atoms with Gasteiger partial charge in [0.2, 0.25) is 11.9 Å². The highest BCUT2D eigenvalue weighted by Crippen LogP contribution is 2.18. The highest BCUT2D eigenvalue weighted by atomic mass is 16.2. The lowest BCUT2D eigenvalue weighted by molar-refractivity contribution is 0.0989. The van der Waals surface area contributed by atoms with Gasteiger partial charge in [-0.15, -0.1) is 0 Å². The van der Waals surface area contributed by atoms with Gasteiger partial charge in [-0.25, -0.2) is 0 Å². The number of rotatable bonds is 6. The van der Waals surface area contributed by atoms with Crippen molar-refractivity contribution < 1.29 is 9.59 Å². The average molecular weight is 962 g/mol. The third-order valence-corrected chi connectivity index (χ3v) is 9.04. The normalized spacial score (nSPS) is 11.3. The third-order valence-electron chi connectivity index (χ3n) is 9.04. The van der Waals surface area contributed by atoms with Crippen LogP contribution in [0.5, 0.6) is 0 Å². The van der Waals surface area contributed by atoms with E-state index in [0.29, 0.717) is 16.8 Å². The average Bonchev–Trinajstić information content (AvgIpc) is 3.35. The summed E-state index contributed by atoms with van der Waals surface area (Å²) < 4.78 is 0.